The number of pyridine rings is 1. The summed E-state index contributed by atoms with van der Waals surface area (Å²) >= 11 is 15.1. The third kappa shape index (κ3) is 4.76. The highest BCUT2D eigenvalue weighted by atomic mass is 79.9. The van der Waals surface area contributed by atoms with Crippen LogP contribution in [0.4, 0.5) is 5.82 Å². The van der Waals surface area contributed by atoms with Crippen LogP contribution in [0.5, 0.6) is 0 Å². The average molecular weight is 453 g/mol. The summed E-state index contributed by atoms with van der Waals surface area (Å²) in [7, 11) is 0. The van der Waals surface area contributed by atoms with Gasteiger partial charge in [-0.15, -0.1) is 0 Å². The van der Waals surface area contributed by atoms with Gasteiger partial charge < -0.3 is 10.6 Å². The molecule has 0 saturated heterocycles. The second kappa shape index (κ2) is 8.68. The fourth-order valence-electron chi connectivity index (χ4n) is 3.62. The van der Waals surface area contributed by atoms with Crippen molar-refractivity contribution in [1.29, 1.82) is 0 Å². The minimum Gasteiger partial charge on any atom is -0.362 e. The SMILES string of the molecule is Cc1nc(NC(=S)NCC2(c3ccc(Cl)cc3)CCCCC2)ccc1Br. The number of benzene rings is 1. The molecule has 1 fully saturated rings. The maximum absolute atomic E-state index is 6.08. The van der Waals surface area contributed by atoms with Gasteiger partial charge in [-0.2, -0.15) is 0 Å². The van der Waals surface area contributed by atoms with Crippen LogP contribution in [0.25, 0.3) is 0 Å². The van der Waals surface area contributed by atoms with Gasteiger partial charge in [-0.25, -0.2) is 4.98 Å². The second-order valence-corrected chi connectivity index (χ2v) is 8.62. The van der Waals surface area contributed by atoms with E-state index in [2.05, 4.69) is 43.7 Å². The van der Waals surface area contributed by atoms with Gasteiger partial charge in [0.15, 0.2) is 5.11 Å². The maximum Gasteiger partial charge on any atom is 0.171 e. The fraction of sp³-hybridized carbons (Fsp3) is 0.400. The topological polar surface area (TPSA) is 37.0 Å². The molecule has 0 aliphatic heterocycles. The molecule has 0 amide bonds. The van der Waals surface area contributed by atoms with Gasteiger partial charge >= 0.3 is 0 Å². The molecule has 1 aromatic carbocycles. The lowest BCUT2D eigenvalue weighted by Gasteiger charge is -2.38. The number of hydrogen-bond acceptors (Lipinski definition) is 2. The van der Waals surface area contributed by atoms with Crippen LogP contribution in [-0.4, -0.2) is 16.6 Å². The van der Waals surface area contributed by atoms with E-state index in [0.29, 0.717) is 5.11 Å². The summed E-state index contributed by atoms with van der Waals surface area (Å²) in [6, 6.07) is 12.2. The molecule has 1 aromatic heterocycles. The Morgan fingerprint density at radius 3 is 2.50 bits per heavy atom. The van der Waals surface area contributed by atoms with Gasteiger partial charge in [-0.3, -0.25) is 0 Å². The Balaban J connectivity index is 1.68. The quantitative estimate of drug-likeness (QED) is 0.558. The van der Waals surface area contributed by atoms with Crippen LogP contribution in [0, 0.1) is 6.92 Å². The molecule has 0 spiro atoms. The van der Waals surface area contributed by atoms with E-state index in [-0.39, 0.29) is 5.41 Å². The lowest BCUT2D eigenvalue weighted by atomic mass is 9.69. The van der Waals surface area contributed by atoms with Crippen molar-refractivity contribution in [3.63, 3.8) is 0 Å². The Morgan fingerprint density at radius 2 is 1.85 bits per heavy atom. The minimum absolute atomic E-state index is 0.109. The molecule has 2 N–H and O–H groups in total. The zero-order chi connectivity index (χ0) is 18.6. The predicted octanol–water partition coefficient (Wildman–Crippen LogP) is 5.99. The summed E-state index contributed by atoms with van der Waals surface area (Å²) in [6.45, 7) is 2.78. The number of anilines is 1. The van der Waals surface area contributed by atoms with Crippen LogP contribution in [0.3, 0.4) is 0 Å². The Bertz CT molecular complexity index is 773. The number of halogens is 2. The summed E-state index contributed by atoms with van der Waals surface area (Å²) in [5.41, 5.74) is 2.38. The van der Waals surface area contributed by atoms with Crippen LogP contribution in [0.2, 0.25) is 5.02 Å². The first-order chi connectivity index (χ1) is 12.5. The Hall–Kier alpha value is -1.17. The molecule has 0 bridgehead atoms. The molecule has 6 heteroatoms. The van der Waals surface area contributed by atoms with Crippen molar-refractivity contribution in [3.8, 4) is 0 Å². The zero-order valence-corrected chi connectivity index (χ0v) is 18.0. The van der Waals surface area contributed by atoms with Crippen LogP contribution >= 0.6 is 39.7 Å². The zero-order valence-electron chi connectivity index (χ0n) is 14.8. The number of aromatic nitrogens is 1. The molecule has 1 aliphatic rings. The average Bonchev–Trinajstić information content (AvgIpc) is 2.64. The van der Waals surface area contributed by atoms with Gasteiger partial charge in [-0.1, -0.05) is 43.0 Å². The molecule has 0 unspecified atom stereocenters. The van der Waals surface area contributed by atoms with Gasteiger partial charge in [0.25, 0.3) is 0 Å². The largest absolute Gasteiger partial charge is 0.362 e. The highest BCUT2D eigenvalue weighted by Crippen LogP contribution is 2.39. The van der Waals surface area contributed by atoms with Crippen molar-refractivity contribution in [2.45, 2.75) is 44.4 Å². The van der Waals surface area contributed by atoms with Crippen molar-refractivity contribution in [2.24, 2.45) is 0 Å². The second-order valence-electron chi connectivity index (χ2n) is 6.92. The van der Waals surface area contributed by atoms with Gasteiger partial charge in [-0.05, 0) is 77.7 Å². The lowest BCUT2D eigenvalue weighted by molar-refractivity contribution is 0.292. The minimum atomic E-state index is 0.109. The van der Waals surface area contributed by atoms with Crippen LogP contribution in [-0.2, 0) is 5.41 Å². The molecule has 26 heavy (non-hydrogen) atoms. The molecule has 1 saturated carbocycles. The number of thiocarbonyl (C=S) groups is 1. The van der Waals surface area contributed by atoms with E-state index >= 15 is 0 Å². The number of nitrogens with zero attached hydrogens (tertiary/aromatic N) is 1. The van der Waals surface area contributed by atoms with Gasteiger partial charge in [0, 0.05) is 21.5 Å². The van der Waals surface area contributed by atoms with Crippen LogP contribution in [0.1, 0.15) is 43.4 Å². The molecule has 3 nitrogen and oxygen atoms in total. The van der Waals surface area contributed by atoms with Gasteiger partial charge in [0.2, 0.25) is 0 Å². The van der Waals surface area contributed by atoms with E-state index < -0.39 is 0 Å². The van der Waals surface area contributed by atoms with E-state index in [4.69, 9.17) is 23.8 Å². The van der Waals surface area contributed by atoms with Crippen molar-refractivity contribution >= 4 is 50.7 Å². The number of aryl methyl sites for hydroxylation is 1. The molecule has 2 aromatic rings. The molecule has 0 atom stereocenters. The van der Waals surface area contributed by atoms with E-state index in [1.54, 1.807) is 0 Å². The molecule has 138 valence electrons. The fourth-order valence-corrected chi connectivity index (χ4v) is 4.15. The molecular formula is C20H23BrClN3S. The number of rotatable bonds is 4. The standard InChI is InChI=1S/C20H23BrClN3S/c1-14-17(21)9-10-18(24-14)25-19(26)23-13-20(11-3-2-4-12-20)15-5-7-16(22)8-6-15/h5-10H,2-4,11-13H2,1H3,(H2,23,24,25,26). The van der Waals surface area contributed by atoms with Gasteiger partial charge in [0.05, 0.1) is 5.69 Å². The number of nitrogens with one attached hydrogen (secondary N) is 2. The van der Waals surface area contributed by atoms with E-state index in [1.807, 2.05) is 31.2 Å². The van der Waals surface area contributed by atoms with Crippen LogP contribution < -0.4 is 10.6 Å². The highest BCUT2D eigenvalue weighted by molar-refractivity contribution is 9.10. The van der Waals surface area contributed by atoms with Crippen molar-refractivity contribution in [2.75, 3.05) is 11.9 Å². The van der Waals surface area contributed by atoms with E-state index in [0.717, 1.165) is 27.6 Å². The van der Waals surface area contributed by atoms with Crippen molar-refractivity contribution in [3.05, 3.63) is 57.2 Å². The third-order valence-corrected chi connectivity index (χ3v) is 6.45. The molecule has 1 heterocycles. The maximum atomic E-state index is 6.08. The van der Waals surface area contributed by atoms with Crippen molar-refractivity contribution in [1.82, 2.24) is 10.3 Å². The Labute approximate surface area is 174 Å². The Kier molecular flexibility index (Phi) is 6.54. The summed E-state index contributed by atoms with van der Waals surface area (Å²) in [5, 5.41) is 8.01. The first-order valence-electron chi connectivity index (χ1n) is 8.93. The predicted molar refractivity (Wildman–Crippen MR) is 117 cm³/mol. The normalized spacial score (nSPS) is 16.1. The van der Waals surface area contributed by atoms with Crippen LogP contribution in [0.15, 0.2) is 40.9 Å². The molecule has 1 aliphatic carbocycles. The van der Waals surface area contributed by atoms with Gasteiger partial charge in [0.1, 0.15) is 5.82 Å². The Morgan fingerprint density at radius 1 is 1.15 bits per heavy atom. The molecule has 0 radical (unpaired) electrons. The smallest absolute Gasteiger partial charge is 0.171 e. The molecular weight excluding hydrogens is 430 g/mol. The first kappa shape index (κ1) is 19.6. The summed E-state index contributed by atoms with van der Waals surface area (Å²) in [4.78, 5) is 4.49. The molecule has 3 rings (SSSR count). The highest BCUT2D eigenvalue weighted by Gasteiger charge is 2.33. The first-order valence-corrected chi connectivity index (χ1v) is 10.5. The summed E-state index contributed by atoms with van der Waals surface area (Å²) < 4.78 is 0.992. The number of hydrogen-bond donors (Lipinski definition) is 2. The summed E-state index contributed by atoms with van der Waals surface area (Å²) in [6.07, 6.45) is 6.13. The van der Waals surface area contributed by atoms with E-state index in [1.165, 1.54) is 37.7 Å². The lowest BCUT2D eigenvalue weighted by Crippen LogP contribution is -2.43. The summed E-state index contributed by atoms with van der Waals surface area (Å²) in [5.74, 6) is 0.757. The monoisotopic (exact) mass is 451 g/mol. The third-order valence-electron chi connectivity index (χ3n) is 5.12. The van der Waals surface area contributed by atoms with E-state index in [9.17, 15) is 0 Å². The van der Waals surface area contributed by atoms with Crippen molar-refractivity contribution < 1.29 is 0 Å².